The second-order valence-corrected chi connectivity index (χ2v) is 3.16. The molecular weight excluding hydrogens is 160 g/mol. The summed E-state index contributed by atoms with van der Waals surface area (Å²) in [5.41, 5.74) is 0. The third-order valence-electron chi connectivity index (χ3n) is 2.29. The van der Waals surface area contributed by atoms with Gasteiger partial charge in [-0.25, -0.2) is 0 Å². The number of ether oxygens (including phenoxy) is 1. The number of carbonyl (C=O) groups excluding carboxylic acids is 1. The smallest absolute Gasteiger partial charge is 0.311 e. The lowest BCUT2D eigenvalue weighted by atomic mass is 9.85. The number of hydrogen-bond donors (Lipinski definition) is 2. The monoisotopic (exact) mass is 174 g/mol. The molecule has 1 aliphatic rings. The summed E-state index contributed by atoms with van der Waals surface area (Å²) in [4.78, 5) is 11.0. The van der Waals surface area contributed by atoms with Crippen LogP contribution in [0.3, 0.4) is 0 Å². The number of esters is 1. The average Bonchev–Trinajstić information content (AvgIpc) is 2.08. The highest BCUT2D eigenvalue weighted by Gasteiger charge is 2.33. The van der Waals surface area contributed by atoms with Gasteiger partial charge in [-0.2, -0.15) is 0 Å². The third-order valence-corrected chi connectivity index (χ3v) is 2.29. The van der Waals surface area contributed by atoms with Gasteiger partial charge in [0.05, 0.1) is 25.2 Å². The van der Waals surface area contributed by atoms with E-state index in [-0.39, 0.29) is 0 Å². The molecule has 12 heavy (non-hydrogen) atoms. The first-order valence-corrected chi connectivity index (χ1v) is 4.09. The minimum atomic E-state index is -0.652. The second-order valence-electron chi connectivity index (χ2n) is 3.16. The van der Waals surface area contributed by atoms with Gasteiger partial charge in [0.25, 0.3) is 0 Å². The van der Waals surface area contributed by atoms with E-state index in [0.717, 1.165) is 0 Å². The standard InChI is InChI=1S/C8H14O4/c1-12-8(11)6-4-5(9)2-3-7(6)10/h5-7,9-10H,2-4H2,1H3. The van der Waals surface area contributed by atoms with Crippen molar-refractivity contribution < 1.29 is 19.7 Å². The van der Waals surface area contributed by atoms with E-state index in [9.17, 15) is 15.0 Å². The molecule has 2 N–H and O–H groups in total. The Balaban J connectivity index is 2.54. The molecule has 70 valence electrons. The summed E-state index contributed by atoms with van der Waals surface area (Å²) in [6.45, 7) is 0. The molecule has 0 aromatic rings. The van der Waals surface area contributed by atoms with Crippen molar-refractivity contribution in [2.24, 2.45) is 5.92 Å². The van der Waals surface area contributed by atoms with Crippen molar-refractivity contribution in [2.75, 3.05) is 7.11 Å². The van der Waals surface area contributed by atoms with E-state index in [0.29, 0.717) is 19.3 Å². The molecule has 0 amide bonds. The Hall–Kier alpha value is -0.610. The fourth-order valence-electron chi connectivity index (χ4n) is 1.54. The zero-order valence-electron chi connectivity index (χ0n) is 7.06. The SMILES string of the molecule is COC(=O)C1CC(O)CCC1O. The highest BCUT2D eigenvalue weighted by atomic mass is 16.5. The van der Waals surface area contributed by atoms with Gasteiger partial charge in [-0.3, -0.25) is 4.79 Å². The van der Waals surface area contributed by atoms with Gasteiger partial charge < -0.3 is 14.9 Å². The van der Waals surface area contributed by atoms with E-state index in [1.165, 1.54) is 7.11 Å². The molecular formula is C8H14O4. The minimum absolute atomic E-state index is 0.313. The summed E-state index contributed by atoms with van der Waals surface area (Å²) >= 11 is 0. The van der Waals surface area contributed by atoms with E-state index in [4.69, 9.17) is 0 Å². The van der Waals surface area contributed by atoms with Gasteiger partial charge in [-0.1, -0.05) is 0 Å². The van der Waals surface area contributed by atoms with Crippen molar-refractivity contribution in [1.29, 1.82) is 0 Å². The Morgan fingerprint density at radius 2 is 2.08 bits per heavy atom. The van der Waals surface area contributed by atoms with Gasteiger partial charge in [0, 0.05) is 0 Å². The maximum Gasteiger partial charge on any atom is 0.311 e. The number of methoxy groups -OCH3 is 1. The van der Waals surface area contributed by atoms with Crippen LogP contribution in [0.4, 0.5) is 0 Å². The number of aliphatic hydroxyl groups excluding tert-OH is 2. The third kappa shape index (κ3) is 1.95. The molecule has 0 aromatic heterocycles. The summed E-state index contributed by atoms with van der Waals surface area (Å²) in [7, 11) is 1.29. The minimum Gasteiger partial charge on any atom is -0.469 e. The Bertz CT molecular complexity index is 168. The zero-order valence-corrected chi connectivity index (χ0v) is 7.06. The Kier molecular flexibility index (Phi) is 3.05. The number of aliphatic hydroxyl groups is 2. The molecule has 0 heterocycles. The van der Waals surface area contributed by atoms with Crippen molar-refractivity contribution in [3.63, 3.8) is 0 Å². The van der Waals surface area contributed by atoms with Crippen molar-refractivity contribution in [2.45, 2.75) is 31.5 Å². The molecule has 0 aliphatic heterocycles. The molecule has 3 atom stereocenters. The molecule has 0 spiro atoms. The van der Waals surface area contributed by atoms with E-state index < -0.39 is 24.1 Å². The van der Waals surface area contributed by atoms with Crippen molar-refractivity contribution >= 4 is 5.97 Å². The Morgan fingerprint density at radius 3 is 2.67 bits per heavy atom. The van der Waals surface area contributed by atoms with Gasteiger partial charge in [0.1, 0.15) is 0 Å². The van der Waals surface area contributed by atoms with Crippen LogP contribution in [0.25, 0.3) is 0 Å². The van der Waals surface area contributed by atoms with Gasteiger partial charge in [0.2, 0.25) is 0 Å². The van der Waals surface area contributed by atoms with Gasteiger partial charge in [-0.05, 0) is 19.3 Å². The molecule has 0 bridgehead atoms. The summed E-state index contributed by atoms with van der Waals surface area (Å²) in [6.07, 6.45) is 0.224. The molecule has 0 saturated heterocycles. The van der Waals surface area contributed by atoms with Crippen LogP contribution in [0.1, 0.15) is 19.3 Å². The molecule has 4 heteroatoms. The molecule has 3 unspecified atom stereocenters. The van der Waals surface area contributed by atoms with Crippen LogP contribution in [0.15, 0.2) is 0 Å². The topological polar surface area (TPSA) is 66.8 Å². The lowest BCUT2D eigenvalue weighted by Crippen LogP contribution is -2.37. The van der Waals surface area contributed by atoms with Crippen LogP contribution >= 0.6 is 0 Å². The van der Waals surface area contributed by atoms with Crippen LogP contribution < -0.4 is 0 Å². The molecule has 1 saturated carbocycles. The number of carbonyl (C=O) groups is 1. The van der Waals surface area contributed by atoms with Crippen LogP contribution in [-0.4, -0.2) is 35.5 Å². The van der Waals surface area contributed by atoms with E-state index in [2.05, 4.69) is 4.74 Å². The number of hydrogen-bond acceptors (Lipinski definition) is 4. The predicted octanol–water partition coefficient (Wildman–Crippen LogP) is -0.319. The fourth-order valence-corrected chi connectivity index (χ4v) is 1.54. The predicted molar refractivity (Wildman–Crippen MR) is 41.4 cm³/mol. The molecule has 1 rings (SSSR count). The lowest BCUT2D eigenvalue weighted by Gasteiger charge is -2.28. The highest BCUT2D eigenvalue weighted by Crippen LogP contribution is 2.25. The molecule has 1 aliphatic carbocycles. The molecule has 0 radical (unpaired) electrons. The van der Waals surface area contributed by atoms with E-state index in [1.807, 2.05) is 0 Å². The summed E-state index contributed by atoms with van der Waals surface area (Å²) in [6, 6.07) is 0. The van der Waals surface area contributed by atoms with Crippen molar-refractivity contribution in [1.82, 2.24) is 0 Å². The molecule has 1 fully saturated rings. The van der Waals surface area contributed by atoms with Crippen molar-refractivity contribution in [3.8, 4) is 0 Å². The summed E-state index contributed by atoms with van der Waals surface area (Å²) < 4.78 is 4.50. The zero-order chi connectivity index (χ0) is 9.14. The lowest BCUT2D eigenvalue weighted by molar-refractivity contribution is -0.153. The normalized spacial score (nSPS) is 36.1. The molecule has 4 nitrogen and oxygen atoms in total. The highest BCUT2D eigenvalue weighted by molar-refractivity contribution is 5.73. The van der Waals surface area contributed by atoms with Crippen molar-refractivity contribution in [3.05, 3.63) is 0 Å². The van der Waals surface area contributed by atoms with Gasteiger partial charge >= 0.3 is 5.97 Å². The largest absolute Gasteiger partial charge is 0.469 e. The van der Waals surface area contributed by atoms with Crippen LogP contribution in [0, 0.1) is 5.92 Å². The maximum atomic E-state index is 11.0. The van der Waals surface area contributed by atoms with Gasteiger partial charge in [0.15, 0.2) is 0 Å². The average molecular weight is 174 g/mol. The summed E-state index contributed by atoms with van der Waals surface area (Å²) in [5, 5.41) is 18.6. The molecule has 0 aromatic carbocycles. The van der Waals surface area contributed by atoms with Crippen LogP contribution in [0.5, 0.6) is 0 Å². The number of rotatable bonds is 1. The van der Waals surface area contributed by atoms with Crippen LogP contribution in [-0.2, 0) is 9.53 Å². The first-order chi connectivity index (χ1) is 5.65. The first-order valence-electron chi connectivity index (χ1n) is 4.09. The second kappa shape index (κ2) is 3.87. The van der Waals surface area contributed by atoms with E-state index >= 15 is 0 Å². The van der Waals surface area contributed by atoms with E-state index in [1.54, 1.807) is 0 Å². The quantitative estimate of drug-likeness (QED) is 0.535. The Labute approximate surface area is 71.2 Å². The maximum absolute atomic E-state index is 11.0. The first kappa shape index (κ1) is 9.48. The fraction of sp³-hybridized carbons (Fsp3) is 0.875. The Morgan fingerprint density at radius 1 is 1.42 bits per heavy atom. The summed E-state index contributed by atoms with van der Waals surface area (Å²) in [5.74, 6) is -0.972. The van der Waals surface area contributed by atoms with Gasteiger partial charge in [-0.15, -0.1) is 0 Å². The van der Waals surface area contributed by atoms with Crippen LogP contribution in [0.2, 0.25) is 0 Å².